The molecular weight excluding hydrogens is 312 g/mol. The summed E-state index contributed by atoms with van der Waals surface area (Å²) in [6.45, 7) is 7.89. The van der Waals surface area contributed by atoms with Gasteiger partial charge < -0.3 is 10.2 Å². The van der Waals surface area contributed by atoms with Gasteiger partial charge in [0.25, 0.3) is 0 Å². The molecule has 1 aromatic carbocycles. The van der Waals surface area contributed by atoms with E-state index in [1.165, 1.54) is 12.1 Å². The van der Waals surface area contributed by atoms with Crippen LogP contribution in [0.4, 0.5) is 0 Å². The first-order valence-electron chi connectivity index (χ1n) is 7.60. The molecule has 0 fully saturated rings. The van der Waals surface area contributed by atoms with Crippen molar-refractivity contribution < 1.29 is 8.42 Å². The van der Waals surface area contributed by atoms with Gasteiger partial charge in [-0.1, -0.05) is 18.2 Å². The highest BCUT2D eigenvalue weighted by Gasteiger charge is 2.07. The van der Waals surface area contributed by atoms with Crippen LogP contribution in [0.2, 0.25) is 0 Å². The molecule has 1 rings (SSSR count). The average Bonchev–Trinajstić information content (AvgIpc) is 2.51. The Hall–Kier alpha value is -1.86. The van der Waals surface area contributed by atoms with E-state index in [9.17, 15) is 8.42 Å². The highest BCUT2D eigenvalue weighted by atomic mass is 32.2. The van der Waals surface area contributed by atoms with Crippen LogP contribution in [0.5, 0.6) is 0 Å². The van der Waals surface area contributed by atoms with Crippen LogP contribution < -0.4 is 10.5 Å². The Morgan fingerprint density at radius 2 is 2.04 bits per heavy atom. The third-order valence-corrected chi connectivity index (χ3v) is 4.19. The normalized spacial score (nSPS) is 12.0. The highest BCUT2D eigenvalue weighted by Crippen LogP contribution is 2.09. The lowest BCUT2D eigenvalue weighted by Gasteiger charge is -2.21. The molecular formula is C16H26N4O2S. The van der Waals surface area contributed by atoms with Crippen LogP contribution in [0.15, 0.2) is 46.8 Å². The lowest BCUT2D eigenvalue weighted by molar-refractivity contribution is 0.470. The van der Waals surface area contributed by atoms with Gasteiger partial charge in [-0.3, -0.25) is 0 Å². The van der Waals surface area contributed by atoms with Gasteiger partial charge >= 0.3 is 0 Å². The van der Waals surface area contributed by atoms with Gasteiger partial charge in [0.05, 0.1) is 11.4 Å². The molecule has 23 heavy (non-hydrogen) atoms. The van der Waals surface area contributed by atoms with Crippen LogP contribution in [0.25, 0.3) is 0 Å². The van der Waals surface area contributed by atoms with Crippen molar-refractivity contribution in [3.05, 3.63) is 42.5 Å². The van der Waals surface area contributed by atoms with Crippen LogP contribution >= 0.6 is 0 Å². The number of sulfonamides is 1. The van der Waals surface area contributed by atoms with Gasteiger partial charge in [0.1, 0.15) is 0 Å². The maximum atomic E-state index is 11.2. The first-order chi connectivity index (χ1) is 10.9. The van der Waals surface area contributed by atoms with Crippen LogP contribution in [-0.4, -0.2) is 39.4 Å². The van der Waals surface area contributed by atoms with Gasteiger partial charge in [-0.25, -0.2) is 18.5 Å². The van der Waals surface area contributed by atoms with Gasteiger partial charge in [0, 0.05) is 20.1 Å². The van der Waals surface area contributed by atoms with Gasteiger partial charge in [0.15, 0.2) is 5.96 Å². The molecule has 0 aliphatic heterocycles. The second-order valence-electron chi connectivity index (χ2n) is 5.21. The number of nitrogens with two attached hydrogens (primary N) is 1. The van der Waals surface area contributed by atoms with E-state index in [0.29, 0.717) is 6.54 Å². The van der Waals surface area contributed by atoms with Crippen molar-refractivity contribution in [1.82, 2.24) is 10.2 Å². The number of allylic oxidation sites excluding steroid dienone is 1. The summed E-state index contributed by atoms with van der Waals surface area (Å²) >= 11 is 0. The minimum Gasteiger partial charge on any atom is -0.357 e. The lowest BCUT2D eigenvalue weighted by atomic mass is 10.2. The number of rotatable bonds is 8. The quantitative estimate of drug-likeness (QED) is 0.327. The molecule has 0 unspecified atom stereocenters. The van der Waals surface area contributed by atoms with Crippen molar-refractivity contribution in [3.63, 3.8) is 0 Å². The molecule has 3 N–H and O–H groups in total. The molecule has 0 radical (unpaired) electrons. The van der Waals surface area contributed by atoms with E-state index in [-0.39, 0.29) is 4.90 Å². The standard InChI is InChI=1S/C16H26N4O2S/c1-4-6-7-12-20(3)16(18-5-2)19-13-14-8-10-15(11-9-14)23(17,21)22/h4,8-11H,1,5-7,12-13H2,2-3H3,(H,18,19)(H2,17,21,22). The number of unbranched alkanes of at least 4 members (excludes halogenated alkanes) is 1. The molecule has 1 aromatic rings. The molecule has 7 heteroatoms. The molecule has 0 aromatic heterocycles. The third-order valence-electron chi connectivity index (χ3n) is 3.26. The smallest absolute Gasteiger partial charge is 0.238 e. The van der Waals surface area contributed by atoms with E-state index in [1.807, 2.05) is 20.0 Å². The van der Waals surface area contributed by atoms with E-state index in [0.717, 1.165) is 37.5 Å². The summed E-state index contributed by atoms with van der Waals surface area (Å²) in [6, 6.07) is 6.46. The van der Waals surface area contributed by atoms with Gasteiger partial charge in [-0.15, -0.1) is 6.58 Å². The molecule has 128 valence electrons. The highest BCUT2D eigenvalue weighted by molar-refractivity contribution is 7.89. The topological polar surface area (TPSA) is 87.8 Å². The number of hydrogen-bond donors (Lipinski definition) is 2. The number of primary sulfonamides is 1. The zero-order chi connectivity index (χ0) is 17.3. The van der Waals surface area contributed by atoms with E-state index in [2.05, 4.69) is 21.8 Å². The predicted octanol–water partition coefficient (Wildman–Crippen LogP) is 1.70. The van der Waals surface area contributed by atoms with Gasteiger partial charge in [0.2, 0.25) is 10.0 Å². The SMILES string of the molecule is C=CCCCN(C)C(=NCc1ccc(S(N)(=O)=O)cc1)NCC. The Balaban J connectivity index is 2.74. The number of benzene rings is 1. The van der Waals surface area contributed by atoms with Crippen molar-refractivity contribution >= 4 is 16.0 Å². The molecule has 0 aliphatic carbocycles. The molecule has 0 spiro atoms. The maximum absolute atomic E-state index is 11.2. The molecule has 0 saturated carbocycles. The van der Waals surface area contributed by atoms with Crippen LogP contribution in [0.3, 0.4) is 0 Å². The zero-order valence-corrected chi connectivity index (χ0v) is 14.6. The second kappa shape index (κ2) is 9.32. The van der Waals surface area contributed by atoms with E-state index >= 15 is 0 Å². The molecule has 0 bridgehead atoms. The first kappa shape index (κ1) is 19.2. The minimum atomic E-state index is -3.65. The average molecular weight is 338 g/mol. The predicted molar refractivity (Wildman–Crippen MR) is 94.7 cm³/mol. The Kier molecular flexibility index (Phi) is 7.77. The van der Waals surface area contributed by atoms with Gasteiger partial charge in [-0.2, -0.15) is 0 Å². The molecule has 0 amide bonds. The maximum Gasteiger partial charge on any atom is 0.238 e. The zero-order valence-electron chi connectivity index (χ0n) is 13.8. The minimum absolute atomic E-state index is 0.110. The van der Waals surface area contributed by atoms with Crippen molar-refractivity contribution in [2.45, 2.75) is 31.2 Å². The van der Waals surface area contributed by atoms with E-state index in [4.69, 9.17) is 5.14 Å². The van der Waals surface area contributed by atoms with Crippen molar-refractivity contribution in [2.24, 2.45) is 10.1 Å². The monoisotopic (exact) mass is 338 g/mol. The lowest BCUT2D eigenvalue weighted by Crippen LogP contribution is -2.39. The van der Waals surface area contributed by atoms with Crippen LogP contribution in [0.1, 0.15) is 25.3 Å². The van der Waals surface area contributed by atoms with Crippen molar-refractivity contribution in [3.8, 4) is 0 Å². The molecule has 0 heterocycles. The first-order valence-corrected chi connectivity index (χ1v) is 9.15. The van der Waals surface area contributed by atoms with Crippen LogP contribution in [-0.2, 0) is 16.6 Å². The molecule has 0 atom stereocenters. The summed E-state index contributed by atoms with van der Waals surface area (Å²) in [6.07, 6.45) is 3.90. The number of nitrogens with one attached hydrogen (secondary N) is 1. The summed E-state index contributed by atoms with van der Waals surface area (Å²) < 4.78 is 22.5. The molecule has 6 nitrogen and oxygen atoms in total. The fourth-order valence-corrected chi connectivity index (χ4v) is 2.51. The Morgan fingerprint density at radius 3 is 2.57 bits per heavy atom. The summed E-state index contributed by atoms with van der Waals surface area (Å²) in [4.78, 5) is 6.76. The number of hydrogen-bond acceptors (Lipinski definition) is 3. The Morgan fingerprint density at radius 1 is 1.39 bits per heavy atom. The third kappa shape index (κ3) is 6.83. The van der Waals surface area contributed by atoms with Crippen molar-refractivity contribution in [2.75, 3.05) is 20.1 Å². The molecule has 0 saturated heterocycles. The van der Waals surface area contributed by atoms with Gasteiger partial charge in [-0.05, 0) is 37.5 Å². The summed E-state index contributed by atoms with van der Waals surface area (Å²) in [5, 5.41) is 8.34. The molecule has 0 aliphatic rings. The number of guanidine groups is 1. The Labute approximate surface area is 139 Å². The van der Waals surface area contributed by atoms with Crippen LogP contribution in [0, 0.1) is 0 Å². The summed E-state index contributed by atoms with van der Waals surface area (Å²) in [7, 11) is -1.66. The second-order valence-corrected chi connectivity index (χ2v) is 6.77. The number of aliphatic imine (C=N–C) groups is 1. The number of nitrogens with zero attached hydrogens (tertiary/aromatic N) is 2. The fraction of sp³-hybridized carbons (Fsp3) is 0.438. The van der Waals surface area contributed by atoms with E-state index < -0.39 is 10.0 Å². The Bertz CT molecular complexity index is 624. The largest absolute Gasteiger partial charge is 0.357 e. The summed E-state index contributed by atoms with van der Waals surface area (Å²) in [5.74, 6) is 0.826. The van der Waals surface area contributed by atoms with Crippen molar-refractivity contribution in [1.29, 1.82) is 0 Å². The summed E-state index contributed by atoms with van der Waals surface area (Å²) in [5.41, 5.74) is 0.923. The fourth-order valence-electron chi connectivity index (χ4n) is 2.00. The van der Waals surface area contributed by atoms with E-state index in [1.54, 1.807) is 12.1 Å².